The van der Waals surface area contributed by atoms with Gasteiger partial charge < -0.3 is 5.32 Å². The monoisotopic (exact) mass is 496 g/mol. The van der Waals surface area contributed by atoms with Crippen LogP contribution in [0.3, 0.4) is 0 Å². The number of carbonyl (C=O) groups excluding carboxylic acids is 1. The molecule has 1 amide bonds. The Hall–Kier alpha value is -3.45. The molecule has 13 heteroatoms. The van der Waals surface area contributed by atoms with Crippen LogP contribution in [0.1, 0.15) is 18.4 Å². The first-order chi connectivity index (χ1) is 16.0. The standard InChI is InChI=1S/C21H19F3N4O5S/c22-21(23,24)15-2-1-3-17(12-15)34(31,32)28-10-8-14(9-11-28)19(29)25-16-6-4-13(5-7-16)18-26-20(30)33-27-18/h1-7,12,14H,8-11H2,(H,25,29)(H,26,27,30). The highest BCUT2D eigenvalue weighted by molar-refractivity contribution is 7.89. The lowest BCUT2D eigenvalue weighted by atomic mass is 9.97. The van der Waals surface area contributed by atoms with Gasteiger partial charge in [0.25, 0.3) is 0 Å². The molecule has 2 N–H and O–H groups in total. The van der Waals surface area contributed by atoms with Crippen LogP contribution in [0.2, 0.25) is 0 Å². The Morgan fingerprint density at radius 1 is 1.12 bits per heavy atom. The summed E-state index contributed by atoms with van der Waals surface area (Å²) in [5.74, 6) is -1.19. The molecule has 1 saturated heterocycles. The lowest BCUT2D eigenvalue weighted by molar-refractivity contribution is -0.137. The van der Waals surface area contributed by atoms with E-state index in [9.17, 15) is 31.2 Å². The summed E-state index contributed by atoms with van der Waals surface area (Å²) in [6.07, 6.45) is -4.20. The summed E-state index contributed by atoms with van der Waals surface area (Å²) in [6, 6.07) is 10.1. The van der Waals surface area contributed by atoms with Crippen molar-refractivity contribution < 1.29 is 30.9 Å². The third-order valence-electron chi connectivity index (χ3n) is 5.49. The molecule has 0 saturated carbocycles. The molecule has 9 nitrogen and oxygen atoms in total. The molecule has 180 valence electrons. The number of H-pyrrole nitrogens is 1. The first kappa shape index (κ1) is 23.7. The van der Waals surface area contributed by atoms with Gasteiger partial charge in [0.15, 0.2) is 5.82 Å². The number of hydrogen-bond donors (Lipinski definition) is 2. The van der Waals surface area contributed by atoms with Gasteiger partial charge in [-0.1, -0.05) is 11.2 Å². The maximum absolute atomic E-state index is 13.0. The predicted molar refractivity (Wildman–Crippen MR) is 114 cm³/mol. The molecule has 0 aliphatic carbocycles. The van der Waals surface area contributed by atoms with Gasteiger partial charge in [0.1, 0.15) is 0 Å². The number of amides is 1. The van der Waals surface area contributed by atoms with E-state index in [4.69, 9.17) is 0 Å². The van der Waals surface area contributed by atoms with Crippen molar-refractivity contribution in [3.05, 3.63) is 64.6 Å². The van der Waals surface area contributed by atoms with Gasteiger partial charge in [0.05, 0.1) is 10.5 Å². The second-order valence-corrected chi connectivity index (χ2v) is 9.65. The molecule has 2 aromatic carbocycles. The van der Waals surface area contributed by atoms with E-state index in [0.29, 0.717) is 17.3 Å². The van der Waals surface area contributed by atoms with Crippen LogP contribution < -0.4 is 11.1 Å². The fraction of sp³-hybridized carbons (Fsp3) is 0.286. The maximum Gasteiger partial charge on any atom is 0.439 e. The van der Waals surface area contributed by atoms with Crippen molar-refractivity contribution >= 4 is 21.6 Å². The van der Waals surface area contributed by atoms with Gasteiger partial charge in [0.2, 0.25) is 15.9 Å². The lowest BCUT2D eigenvalue weighted by Gasteiger charge is -2.30. The normalized spacial score (nSPS) is 15.9. The van der Waals surface area contributed by atoms with Crippen LogP contribution in [0.15, 0.2) is 62.7 Å². The minimum Gasteiger partial charge on any atom is -0.326 e. The fourth-order valence-electron chi connectivity index (χ4n) is 3.65. The summed E-state index contributed by atoms with van der Waals surface area (Å²) in [7, 11) is -4.12. The molecule has 0 unspecified atom stereocenters. The first-order valence-electron chi connectivity index (χ1n) is 10.2. The molecule has 0 atom stereocenters. The molecular formula is C21H19F3N4O5S. The Kier molecular flexibility index (Phi) is 6.32. The molecule has 0 bridgehead atoms. The van der Waals surface area contributed by atoms with Gasteiger partial charge >= 0.3 is 11.9 Å². The number of anilines is 1. The Morgan fingerprint density at radius 2 is 1.79 bits per heavy atom. The molecule has 0 spiro atoms. The lowest BCUT2D eigenvalue weighted by Crippen LogP contribution is -2.41. The largest absolute Gasteiger partial charge is 0.439 e. The van der Waals surface area contributed by atoms with Crippen molar-refractivity contribution in [1.29, 1.82) is 0 Å². The topological polar surface area (TPSA) is 125 Å². The number of aromatic nitrogens is 2. The number of piperidine rings is 1. The summed E-state index contributed by atoms with van der Waals surface area (Å²) in [5, 5.41) is 6.33. The third kappa shape index (κ3) is 5.04. The zero-order valence-corrected chi connectivity index (χ0v) is 18.3. The van der Waals surface area contributed by atoms with Crippen molar-refractivity contribution in [1.82, 2.24) is 14.4 Å². The predicted octanol–water partition coefficient (Wildman–Crippen LogP) is 3.09. The van der Waals surface area contributed by atoms with E-state index in [2.05, 4.69) is 20.0 Å². The zero-order chi connectivity index (χ0) is 24.5. The molecule has 1 aromatic heterocycles. The molecule has 1 fully saturated rings. The van der Waals surface area contributed by atoms with Crippen LogP contribution in [0.25, 0.3) is 11.4 Å². The van der Waals surface area contributed by atoms with E-state index < -0.39 is 38.3 Å². The maximum atomic E-state index is 13.0. The summed E-state index contributed by atoms with van der Waals surface area (Å²) in [4.78, 5) is 25.7. The molecular weight excluding hydrogens is 477 g/mol. The van der Waals surface area contributed by atoms with Crippen LogP contribution in [-0.4, -0.2) is 41.9 Å². The Balaban J connectivity index is 1.37. The van der Waals surface area contributed by atoms with Crippen molar-refractivity contribution in [2.75, 3.05) is 18.4 Å². The van der Waals surface area contributed by atoms with E-state index in [1.54, 1.807) is 24.3 Å². The van der Waals surface area contributed by atoms with Gasteiger partial charge in [-0.3, -0.25) is 14.3 Å². The molecule has 2 heterocycles. The molecule has 3 aromatic rings. The highest BCUT2D eigenvalue weighted by Crippen LogP contribution is 2.32. The smallest absolute Gasteiger partial charge is 0.326 e. The Bertz CT molecular complexity index is 1340. The average molecular weight is 496 g/mol. The van der Waals surface area contributed by atoms with Gasteiger partial charge in [-0.25, -0.2) is 13.2 Å². The summed E-state index contributed by atoms with van der Waals surface area (Å²) in [6.45, 7) is 0.0181. The number of nitrogens with one attached hydrogen (secondary N) is 2. The van der Waals surface area contributed by atoms with Crippen LogP contribution >= 0.6 is 0 Å². The van der Waals surface area contributed by atoms with Crippen molar-refractivity contribution in [2.24, 2.45) is 5.92 Å². The molecule has 4 rings (SSSR count). The van der Waals surface area contributed by atoms with Gasteiger partial charge in [-0.2, -0.15) is 17.5 Å². The quantitative estimate of drug-likeness (QED) is 0.559. The van der Waals surface area contributed by atoms with E-state index in [-0.39, 0.29) is 37.7 Å². The third-order valence-corrected chi connectivity index (χ3v) is 7.38. The summed E-state index contributed by atoms with van der Waals surface area (Å²) in [5.41, 5.74) is 0.0410. The number of rotatable bonds is 5. The molecule has 0 radical (unpaired) electrons. The number of hydrogen-bond acceptors (Lipinski definition) is 6. The Labute approximate surface area is 191 Å². The number of nitrogens with zero attached hydrogens (tertiary/aromatic N) is 2. The summed E-state index contributed by atoms with van der Waals surface area (Å²) < 4.78 is 70.0. The molecule has 1 aliphatic rings. The van der Waals surface area contributed by atoms with Gasteiger partial charge in [-0.15, -0.1) is 0 Å². The minimum absolute atomic E-state index is 0.00905. The number of sulfonamides is 1. The average Bonchev–Trinajstić information content (AvgIpc) is 3.25. The van der Waals surface area contributed by atoms with Gasteiger partial charge in [-0.05, 0) is 55.3 Å². The fourth-order valence-corrected chi connectivity index (χ4v) is 5.17. The van der Waals surface area contributed by atoms with Crippen molar-refractivity contribution in [3.63, 3.8) is 0 Å². The van der Waals surface area contributed by atoms with Crippen LogP contribution in [0.5, 0.6) is 0 Å². The Morgan fingerprint density at radius 3 is 2.38 bits per heavy atom. The zero-order valence-electron chi connectivity index (χ0n) is 17.5. The first-order valence-corrected chi connectivity index (χ1v) is 11.6. The number of carbonyl (C=O) groups is 1. The highest BCUT2D eigenvalue weighted by atomic mass is 32.2. The van der Waals surface area contributed by atoms with Crippen LogP contribution in [-0.2, 0) is 21.0 Å². The van der Waals surface area contributed by atoms with Gasteiger partial charge in [0, 0.05) is 30.3 Å². The molecule has 34 heavy (non-hydrogen) atoms. The van der Waals surface area contributed by atoms with E-state index in [1.165, 1.54) is 0 Å². The number of alkyl halides is 3. The minimum atomic E-state index is -4.65. The van der Waals surface area contributed by atoms with E-state index in [1.807, 2.05) is 0 Å². The van der Waals surface area contributed by atoms with Crippen LogP contribution in [0, 0.1) is 5.92 Å². The van der Waals surface area contributed by atoms with E-state index >= 15 is 0 Å². The second-order valence-electron chi connectivity index (χ2n) is 7.71. The summed E-state index contributed by atoms with van der Waals surface area (Å²) >= 11 is 0. The van der Waals surface area contributed by atoms with Crippen molar-refractivity contribution in [2.45, 2.75) is 23.9 Å². The number of aromatic amines is 1. The molecule has 1 aliphatic heterocycles. The van der Waals surface area contributed by atoms with Crippen molar-refractivity contribution in [3.8, 4) is 11.4 Å². The van der Waals surface area contributed by atoms with Crippen LogP contribution in [0.4, 0.5) is 18.9 Å². The number of halogens is 3. The SMILES string of the molecule is O=C(Nc1ccc(-c2noc(=O)[nH]2)cc1)C1CCN(S(=O)(=O)c2cccc(C(F)(F)F)c2)CC1. The highest BCUT2D eigenvalue weighted by Gasteiger charge is 2.35. The second kappa shape index (κ2) is 9.06. The number of benzene rings is 2. The van der Waals surface area contributed by atoms with E-state index in [0.717, 1.165) is 22.5 Å².